The van der Waals surface area contributed by atoms with Crippen molar-refractivity contribution in [3.8, 4) is 0 Å². The molecule has 2 aromatic heterocycles. The first-order valence-corrected chi connectivity index (χ1v) is 9.49. The second-order valence-electron chi connectivity index (χ2n) is 5.00. The molecule has 0 aliphatic rings. The van der Waals surface area contributed by atoms with Gasteiger partial charge in [0.25, 0.3) is 0 Å². The van der Waals surface area contributed by atoms with Crippen molar-refractivity contribution >= 4 is 34.6 Å². The summed E-state index contributed by atoms with van der Waals surface area (Å²) in [5.74, 6) is 2.30. The highest BCUT2D eigenvalue weighted by molar-refractivity contribution is 7.99. The van der Waals surface area contributed by atoms with Crippen LogP contribution in [0, 0.1) is 0 Å². The van der Waals surface area contributed by atoms with Crippen molar-refractivity contribution in [3.63, 3.8) is 0 Å². The standard InChI is InChI=1S/C17H19N3S2/c1(4-12-21-14-8-10-18-11-9-14)5-13-22-17-19-15-6-2-3-7-16(15)20-17/h2-3,6-11H,1,4-5,12-13H2,(H,19,20). The number of benzene rings is 1. The van der Waals surface area contributed by atoms with E-state index in [2.05, 4.69) is 33.2 Å². The van der Waals surface area contributed by atoms with Gasteiger partial charge in [0.2, 0.25) is 0 Å². The first-order chi connectivity index (χ1) is 10.9. The minimum Gasteiger partial charge on any atom is -0.333 e. The lowest BCUT2D eigenvalue weighted by atomic mass is 10.3. The van der Waals surface area contributed by atoms with Gasteiger partial charge in [0.1, 0.15) is 0 Å². The van der Waals surface area contributed by atoms with E-state index in [4.69, 9.17) is 0 Å². The Morgan fingerprint density at radius 2 is 1.64 bits per heavy atom. The number of aromatic amines is 1. The molecule has 3 rings (SSSR count). The van der Waals surface area contributed by atoms with Crippen molar-refractivity contribution in [1.29, 1.82) is 0 Å². The van der Waals surface area contributed by atoms with E-state index in [0.29, 0.717) is 0 Å². The van der Waals surface area contributed by atoms with Gasteiger partial charge in [-0.3, -0.25) is 4.98 Å². The van der Waals surface area contributed by atoms with Crippen LogP contribution >= 0.6 is 23.5 Å². The first kappa shape index (κ1) is 15.4. The maximum absolute atomic E-state index is 4.58. The van der Waals surface area contributed by atoms with Crippen LogP contribution in [0.1, 0.15) is 19.3 Å². The van der Waals surface area contributed by atoms with E-state index in [1.54, 1.807) is 0 Å². The molecule has 114 valence electrons. The Labute approximate surface area is 139 Å². The number of nitrogens with zero attached hydrogens (tertiary/aromatic N) is 2. The number of thioether (sulfide) groups is 2. The number of H-pyrrole nitrogens is 1. The van der Waals surface area contributed by atoms with Gasteiger partial charge in [-0.05, 0) is 42.9 Å². The normalized spacial score (nSPS) is 11.1. The molecule has 3 nitrogen and oxygen atoms in total. The van der Waals surface area contributed by atoms with Gasteiger partial charge in [0.05, 0.1) is 11.0 Å². The molecular formula is C17H19N3S2. The fourth-order valence-electron chi connectivity index (χ4n) is 2.17. The summed E-state index contributed by atoms with van der Waals surface area (Å²) in [7, 11) is 0. The largest absolute Gasteiger partial charge is 0.333 e. The van der Waals surface area contributed by atoms with Crippen LogP contribution in [0.5, 0.6) is 0 Å². The third-order valence-corrected chi connectivity index (χ3v) is 5.37. The topological polar surface area (TPSA) is 41.6 Å². The van der Waals surface area contributed by atoms with Crippen molar-refractivity contribution < 1.29 is 0 Å². The highest BCUT2D eigenvalue weighted by Gasteiger charge is 2.02. The molecular weight excluding hydrogens is 310 g/mol. The minimum absolute atomic E-state index is 1.03. The molecule has 5 heteroatoms. The lowest BCUT2D eigenvalue weighted by molar-refractivity contribution is 0.784. The van der Waals surface area contributed by atoms with E-state index in [1.807, 2.05) is 54.1 Å². The van der Waals surface area contributed by atoms with Gasteiger partial charge in [0.15, 0.2) is 5.16 Å². The number of nitrogens with one attached hydrogen (secondary N) is 1. The summed E-state index contributed by atoms with van der Waals surface area (Å²) in [6, 6.07) is 12.3. The number of fused-ring (bicyclic) bond motifs is 1. The molecule has 0 aliphatic heterocycles. The summed E-state index contributed by atoms with van der Waals surface area (Å²) in [6.07, 6.45) is 7.47. The van der Waals surface area contributed by atoms with E-state index in [-0.39, 0.29) is 0 Å². The van der Waals surface area contributed by atoms with Gasteiger partial charge in [-0.15, -0.1) is 11.8 Å². The Balaban J connectivity index is 1.30. The molecule has 1 aromatic carbocycles. The molecule has 1 N–H and O–H groups in total. The fraction of sp³-hybridized carbons (Fsp3) is 0.294. The lowest BCUT2D eigenvalue weighted by Crippen LogP contribution is -1.85. The van der Waals surface area contributed by atoms with Crippen LogP contribution in [0.25, 0.3) is 11.0 Å². The molecule has 0 aliphatic carbocycles. The van der Waals surface area contributed by atoms with Crippen LogP contribution in [0.2, 0.25) is 0 Å². The van der Waals surface area contributed by atoms with Crippen LogP contribution in [0.4, 0.5) is 0 Å². The van der Waals surface area contributed by atoms with Crippen molar-refractivity contribution in [2.45, 2.75) is 29.3 Å². The van der Waals surface area contributed by atoms with Crippen molar-refractivity contribution in [2.24, 2.45) is 0 Å². The average Bonchev–Trinajstić information content (AvgIpc) is 2.97. The van der Waals surface area contributed by atoms with Gasteiger partial charge in [-0.1, -0.05) is 30.3 Å². The fourth-order valence-corrected chi connectivity index (χ4v) is 3.96. The zero-order valence-corrected chi connectivity index (χ0v) is 14.0. The van der Waals surface area contributed by atoms with Crippen LogP contribution < -0.4 is 0 Å². The van der Waals surface area contributed by atoms with E-state index in [0.717, 1.165) is 21.9 Å². The second kappa shape index (κ2) is 8.25. The van der Waals surface area contributed by atoms with Gasteiger partial charge in [0, 0.05) is 23.0 Å². The summed E-state index contributed by atoms with van der Waals surface area (Å²) in [5, 5.41) is 1.03. The van der Waals surface area contributed by atoms with E-state index in [1.165, 1.54) is 29.9 Å². The van der Waals surface area contributed by atoms with Crippen molar-refractivity contribution in [1.82, 2.24) is 15.0 Å². The highest BCUT2D eigenvalue weighted by atomic mass is 32.2. The average molecular weight is 329 g/mol. The summed E-state index contributed by atoms with van der Waals surface area (Å²) in [4.78, 5) is 13.3. The maximum atomic E-state index is 4.58. The summed E-state index contributed by atoms with van der Waals surface area (Å²) in [6.45, 7) is 0. The molecule has 0 radical (unpaired) electrons. The molecule has 0 saturated heterocycles. The zero-order valence-electron chi connectivity index (χ0n) is 12.4. The van der Waals surface area contributed by atoms with Gasteiger partial charge >= 0.3 is 0 Å². The molecule has 0 spiro atoms. The van der Waals surface area contributed by atoms with Gasteiger partial charge < -0.3 is 4.98 Å². The Morgan fingerprint density at radius 1 is 0.864 bits per heavy atom. The molecule has 0 bridgehead atoms. The van der Waals surface area contributed by atoms with Gasteiger partial charge in [-0.2, -0.15) is 0 Å². The Morgan fingerprint density at radius 3 is 2.45 bits per heavy atom. The molecule has 0 saturated carbocycles. The van der Waals surface area contributed by atoms with Crippen LogP contribution in [-0.2, 0) is 0 Å². The smallest absolute Gasteiger partial charge is 0.166 e. The van der Waals surface area contributed by atoms with Crippen LogP contribution in [-0.4, -0.2) is 26.5 Å². The van der Waals surface area contributed by atoms with E-state index >= 15 is 0 Å². The van der Waals surface area contributed by atoms with Crippen LogP contribution in [0.15, 0.2) is 58.8 Å². The summed E-state index contributed by atoms with van der Waals surface area (Å²) < 4.78 is 0. The summed E-state index contributed by atoms with van der Waals surface area (Å²) in [5.41, 5.74) is 2.18. The molecule has 0 unspecified atom stereocenters. The number of hydrogen-bond acceptors (Lipinski definition) is 4. The van der Waals surface area contributed by atoms with Gasteiger partial charge in [-0.25, -0.2) is 4.98 Å². The molecule has 2 heterocycles. The molecule has 0 amide bonds. The van der Waals surface area contributed by atoms with Crippen molar-refractivity contribution in [2.75, 3.05) is 11.5 Å². The minimum atomic E-state index is 1.03. The molecule has 0 atom stereocenters. The quantitative estimate of drug-likeness (QED) is 0.466. The van der Waals surface area contributed by atoms with Crippen LogP contribution in [0.3, 0.4) is 0 Å². The number of hydrogen-bond donors (Lipinski definition) is 1. The first-order valence-electron chi connectivity index (χ1n) is 7.52. The number of unbranched alkanes of at least 4 members (excludes halogenated alkanes) is 2. The number of imidazole rings is 1. The Hall–Kier alpha value is -1.46. The highest BCUT2D eigenvalue weighted by Crippen LogP contribution is 2.22. The number of para-hydroxylation sites is 2. The predicted molar refractivity (Wildman–Crippen MR) is 95.6 cm³/mol. The Bertz CT molecular complexity index is 664. The second-order valence-corrected chi connectivity index (χ2v) is 7.25. The monoisotopic (exact) mass is 329 g/mol. The zero-order chi connectivity index (χ0) is 15.0. The molecule has 3 aromatic rings. The van der Waals surface area contributed by atoms with Crippen molar-refractivity contribution in [3.05, 3.63) is 48.8 Å². The summed E-state index contributed by atoms with van der Waals surface area (Å²) >= 11 is 3.73. The predicted octanol–water partition coefficient (Wildman–Crippen LogP) is 5.01. The third kappa shape index (κ3) is 4.52. The lowest BCUT2D eigenvalue weighted by Gasteiger charge is -2.01. The number of rotatable bonds is 8. The maximum Gasteiger partial charge on any atom is 0.166 e. The third-order valence-electron chi connectivity index (χ3n) is 3.31. The molecule has 0 fully saturated rings. The number of pyridine rings is 1. The van der Waals surface area contributed by atoms with E-state index < -0.39 is 0 Å². The van der Waals surface area contributed by atoms with E-state index in [9.17, 15) is 0 Å². The SMILES string of the molecule is c1ccc2[nH]c(SCCCCCSc3ccncc3)nc2c1. The molecule has 22 heavy (non-hydrogen) atoms. The Kier molecular flexibility index (Phi) is 5.79. The number of aromatic nitrogens is 3.